The van der Waals surface area contributed by atoms with Gasteiger partial charge in [0.2, 0.25) is 0 Å². The van der Waals surface area contributed by atoms with Crippen LogP contribution in [0.25, 0.3) is 0 Å². The molecule has 0 unspecified atom stereocenters. The van der Waals surface area contributed by atoms with Gasteiger partial charge in [0.15, 0.2) is 0 Å². The molecule has 3 rings (SSSR count). The van der Waals surface area contributed by atoms with Crippen LogP contribution < -0.4 is 0 Å². The minimum Gasteiger partial charge on any atom is -0.508 e. The second kappa shape index (κ2) is 6.64. The molecular weight excluding hydrogens is 308 g/mol. The highest BCUT2D eigenvalue weighted by atomic mass is 16.3. The number of hydrogen-bond acceptors (Lipinski definition) is 2. The number of phenolic OH excluding ortho intramolecular Hbond substituents is 2. The molecule has 3 aromatic carbocycles. The molecular formula is C23H24O2. The van der Waals surface area contributed by atoms with Crippen molar-refractivity contribution in [3.05, 3.63) is 93.5 Å². The van der Waals surface area contributed by atoms with Crippen LogP contribution in [0.3, 0.4) is 0 Å². The minimum absolute atomic E-state index is 0.0554. The molecule has 0 aliphatic carbocycles. The molecule has 128 valence electrons. The standard InChI is InChI=1S/C23H24O2/c1-14-12-21(24)16(3)10-19(14)23(18-8-6-5-7-9-18)20-11-17(4)22(25)13-15(20)2/h5-13,23-25H,1-4H3. The van der Waals surface area contributed by atoms with Crippen LogP contribution in [-0.4, -0.2) is 10.2 Å². The van der Waals surface area contributed by atoms with Crippen LogP contribution in [0.5, 0.6) is 11.5 Å². The summed E-state index contributed by atoms with van der Waals surface area (Å²) in [6.45, 7) is 7.92. The van der Waals surface area contributed by atoms with Crippen LogP contribution in [0.2, 0.25) is 0 Å². The van der Waals surface area contributed by atoms with Gasteiger partial charge in [-0.2, -0.15) is 0 Å². The number of hydrogen-bond donors (Lipinski definition) is 2. The molecule has 0 amide bonds. The molecule has 0 bridgehead atoms. The SMILES string of the molecule is Cc1cc(C(c2ccccc2)c2cc(C)c(O)cc2C)c(C)cc1O. The Morgan fingerprint density at radius 2 is 1.04 bits per heavy atom. The first kappa shape index (κ1) is 17.1. The molecule has 0 spiro atoms. The van der Waals surface area contributed by atoms with Crippen LogP contribution in [-0.2, 0) is 0 Å². The first-order chi connectivity index (χ1) is 11.9. The summed E-state index contributed by atoms with van der Waals surface area (Å²) in [6, 6.07) is 18.2. The van der Waals surface area contributed by atoms with Crippen molar-refractivity contribution in [1.82, 2.24) is 0 Å². The summed E-state index contributed by atoms with van der Waals surface area (Å²) in [4.78, 5) is 0. The average molecular weight is 332 g/mol. The van der Waals surface area contributed by atoms with E-state index in [1.165, 1.54) is 16.7 Å². The van der Waals surface area contributed by atoms with Gasteiger partial charge in [0.05, 0.1) is 0 Å². The van der Waals surface area contributed by atoms with Gasteiger partial charge in [0, 0.05) is 5.92 Å². The molecule has 0 aromatic heterocycles. The summed E-state index contributed by atoms with van der Waals surface area (Å²) in [7, 11) is 0. The fourth-order valence-corrected chi connectivity index (χ4v) is 3.44. The highest BCUT2D eigenvalue weighted by Gasteiger charge is 2.22. The summed E-state index contributed by atoms with van der Waals surface area (Å²) < 4.78 is 0. The molecule has 0 saturated heterocycles. The third-order valence-corrected chi connectivity index (χ3v) is 4.92. The van der Waals surface area contributed by atoms with E-state index < -0.39 is 0 Å². The van der Waals surface area contributed by atoms with E-state index in [1.54, 1.807) is 0 Å². The predicted octanol–water partition coefficient (Wildman–Crippen LogP) is 5.51. The number of benzene rings is 3. The van der Waals surface area contributed by atoms with Gasteiger partial charge in [0.1, 0.15) is 11.5 Å². The summed E-state index contributed by atoms with van der Waals surface area (Å²) in [5.41, 5.74) is 7.40. The molecule has 3 aromatic rings. The van der Waals surface area contributed by atoms with Gasteiger partial charge >= 0.3 is 0 Å². The Morgan fingerprint density at radius 1 is 0.600 bits per heavy atom. The molecule has 25 heavy (non-hydrogen) atoms. The molecule has 0 radical (unpaired) electrons. The van der Waals surface area contributed by atoms with Crippen LogP contribution in [0.1, 0.15) is 44.9 Å². The Hall–Kier alpha value is -2.74. The maximum absolute atomic E-state index is 10.0. The van der Waals surface area contributed by atoms with Crippen molar-refractivity contribution in [2.75, 3.05) is 0 Å². The molecule has 2 nitrogen and oxygen atoms in total. The summed E-state index contributed by atoms with van der Waals surface area (Å²) in [5.74, 6) is 0.707. The summed E-state index contributed by atoms with van der Waals surface area (Å²) >= 11 is 0. The topological polar surface area (TPSA) is 40.5 Å². The normalized spacial score (nSPS) is 11.1. The Morgan fingerprint density at radius 3 is 1.48 bits per heavy atom. The largest absolute Gasteiger partial charge is 0.508 e. The van der Waals surface area contributed by atoms with E-state index in [-0.39, 0.29) is 5.92 Å². The van der Waals surface area contributed by atoms with Gasteiger partial charge in [0.25, 0.3) is 0 Å². The highest BCUT2D eigenvalue weighted by molar-refractivity contribution is 5.54. The van der Waals surface area contributed by atoms with Crippen molar-refractivity contribution in [3.8, 4) is 11.5 Å². The summed E-state index contributed by atoms with van der Waals surface area (Å²) in [5, 5.41) is 20.1. The lowest BCUT2D eigenvalue weighted by molar-refractivity contribution is 0.470. The number of rotatable bonds is 3. The second-order valence-electron chi connectivity index (χ2n) is 6.83. The van der Waals surface area contributed by atoms with Gasteiger partial charge in [-0.1, -0.05) is 42.5 Å². The van der Waals surface area contributed by atoms with Crippen LogP contribution in [0.4, 0.5) is 0 Å². The van der Waals surface area contributed by atoms with E-state index in [2.05, 4.69) is 24.3 Å². The van der Waals surface area contributed by atoms with E-state index in [1.807, 2.05) is 58.0 Å². The van der Waals surface area contributed by atoms with Gasteiger partial charge in [-0.25, -0.2) is 0 Å². The highest BCUT2D eigenvalue weighted by Crippen LogP contribution is 2.39. The molecule has 0 atom stereocenters. The van der Waals surface area contributed by atoms with Crippen molar-refractivity contribution in [1.29, 1.82) is 0 Å². The zero-order valence-corrected chi connectivity index (χ0v) is 15.2. The van der Waals surface area contributed by atoms with Crippen LogP contribution in [0, 0.1) is 27.7 Å². The quantitative estimate of drug-likeness (QED) is 0.621. The van der Waals surface area contributed by atoms with Crippen molar-refractivity contribution in [3.63, 3.8) is 0 Å². The molecule has 0 heterocycles. The van der Waals surface area contributed by atoms with Crippen molar-refractivity contribution in [2.24, 2.45) is 0 Å². The van der Waals surface area contributed by atoms with E-state index in [4.69, 9.17) is 0 Å². The van der Waals surface area contributed by atoms with Crippen molar-refractivity contribution < 1.29 is 10.2 Å². The number of aryl methyl sites for hydroxylation is 4. The van der Waals surface area contributed by atoms with Crippen LogP contribution >= 0.6 is 0 Å². The lowest BCUT2D eigenvalue weighted by atomic mass is 9.80. The molecule has 2 N–H and O–H groups in total. The molecule has 0 fully saturated rings. The number of aromatic hydroxyl groups is 2. The average Bonchev–Trinajstić information content (AvgIpc) is 2.58. The Balaban J connectivity index is 2.29. The van der Waals surface area contributed by atoms with E-state index in [9.17, 15) is 10.2 Å². The molecule has 0 aliphatic heterocycles. The lowest BCUT2D eigenvalue weighted by Crippen LogP contribution is -2.08. The van der Waals surface area contributed by atoms with Crippen LogP contribution in [0.15, 0.2) is 54.6 Å². The van der Waals surface area contributed by atoms with Gasteiger partial charge in [-0.15, -0.1) is 0 Å². The van der Waals surface area contributed by atoms with Crippen molar-refractivity contribution >= 4 is 0 Å². The number of phenols is 2. The molecule has 0 aliphatic rings. The first-order valence-corrected chi connectivity index (χ1v) is 8.53. The Kier molecular flexibility index (Phi) is 4.54. The first-order valence-electron chi connectivity index (χ1n) is 8.53. The molecule has 2 heteroatoms. The lowest BCUT2D eigenvalue weighted by Gasteiger charge is -2.24. The predicted molar refractivity (Wildman–Crippen MR) is 103 cm³/mol. The Labute approximate surface area is 149 Å². The maximum atomic E-state index is 10.0. The van der Waals surface area contributed by atoms with Gasteiger partial charge in [-0.3, -0.25) is 0 Å². The fourth-order valence-electron chi connectivity index (χ4n) is 3.44. The minimum atomic E-state index is 0.0554. The van der Waals surface area contributed by atoms with Gasteiger partial charge < -0.3 is 10.2 Å². The van der Waals surface area contributed by atoms with E-state index in [0.717, 1.165) is 22.3 Å². The zero-order chi connectivity index (χ0) is 18.1. The molecule has 0 saturated carbocycles. The Bertz CT molecular complexity index is 854. The van der Waals surface area contributed by atoms with Gasteiger partial charge in [-0.05, 0) is 78.8 Å². The van der Waals surface area contributed by atoms with E-state index >= 15 is 0 Å². The third-order valence-electron chi connectivity index (χ3n) is 4.92. The van der Waals surface area contributed by atoms with Crippen molar-refractivity contribution in [2.45, 2.75) is 33.6 Å². The fraction of sp³-hybridized carbons (Fsp3) is 0.217. The second-order valence-corrected chi connectivity index (χ2v) is 6.83. The summed E-state index contributed by atoms with van der Waals surface area (Å²) in [6.07, 6.45) is 0. The smallest absolute Gasteiger partial charge is 0.118 e. The van der Waals surface area contributed by atoms with E-state index in [0.29, 0.717) is 11.5 Å². The monoisotopic (exact) mass is 332 g/mol. The zero-order valence-electron chi connectivity index (χ0n) is 15.2. The maximum Gasteiger partial charge on any atom is 0.118 e. The third kappa shape index (κ3) is 3.25.